The van der Waals surface area contributed by atoms with Crippen molar-refractivity contribution in [3.63, 3.8) is 0 Å². The van der Waals surface area contributed by atoms with Gasteiger partial charge in [0.2, 0.25) is 0 Å². The molecule has 2 aromatic carbocycles. The number of halogens is 1. The molecule has 1 aliphatic rings. The van der Waals surface area contributed by atoms with E-state index < -0.39 is 29.5 Å². The van der Waals surface area contributed by atoms with Crippen LogP contribution in [0.1, 0.15) is 29.9 Å². The zero-order valence-corrected chi connectivity index (χ0v) is 19.0. The Balaban J connectivity index is 0.000000751. The number of hydrogen-bond acceptors (Lipinski definition) is 5. The van der Waals surface area contributed by atoms with E-state index in [2.05, 4.69) is 0 Å². The van der Waals surface area contributed by atoms with E-state index in [0.29, 0.717) is 16.3 Å². The number of carboxylic acid groups (broad SMARTS) is 1. The van der Waals surface area contributed by atoms with E-state index in [-0.39, 0.29) is 12.1 Å². The highest BCUT2D eigenvalue weighted by atomic mass is 35.5. The number of allylic oxidation sites excluding steroid dienone is 1. The number of rotatable bonds is 6. The van der Waals surface area contributed by atoms with Crippen LogP contribution in [0, 0.1) is 0 Å². The molecule has 0 aliphatic carbocycles. The van der Waals surface area contributed by atoms with Gasteiger partial charge in [-0.3, -0.25) is 14.4 Å². The Labute approximate surface area is 201 Å². The molecule has 0 radical (unpaired) electrons. The van der Waals surface area contributed by atoms with Crippen LogP contribution < -0.4 is 0 Å². The molecule has 1 atom stereocenters. The van der Waals surface area contributed by atoms with Gasteiger partial charge < -0.3 is 19.5 Å². The van der Waals surface area contributed by atoms with Crippen LogP contribution in [0.15, 0.2) is 94.8 Å². The summed E-state index contributed by atoms with van der Waals surface area (Å²) in [4.78, 5) is 36.3. The number of ketones is 1. The van der Waals surface area contributed by atoms with Gasteiger partial charge >= 0.3 is 0 Å². The van der Waals surface area contributed by atoms with Gasteiger partial charge in [0.05, 0.1) is 24.4 Å². The molecule has 0 saturated carbocycles. The predicted octanol–water partition coefficient (Wildman–Crippen LogP) is 5.20. The third kappa shape index (κ3) is 6.02. The fourth-order valence-corrected chi connectivity index (χ4v) is 3.69. The normalized spacial score (nSPS) is 15.4. The van der Waals surface area contributed by atoms with Gasteiger partial charge in [0.1, 0.15) is 5.76 Å². The second-order valence-electron chi connectivity index (χ2n) is 7.36. The Morgan fingerprint density at radius 2 is 1.79 bits per heavy atom. The molecule has 2 N–H and O–H groups in total. The standard InChI is InChI=1S/C24H18ClNO4.C2H4O2/c25-18-9-4-8-17(14-18)22-21(20(27)12-11-16-6-2-1-3-7-16)23(28)24(29)26(22)15-19-10-5-13-30-19;1-2(3)4/h1-14,22,28H,15H2;1H3,(H,3,4)/b12-11+;. The lowest BCUT2D eigenvalue weighted by molar-refractivity contribution is -0.134. The van der Waals surface area contributed by atoms with Crippen LogP contribution in [0.2, 0.25) is 5.02 Å². The minimum absolute atomic E-state index is 0.0148. The van der Waals surface area contributed by atoms with Crippen LogP contribution >= 0.6 is 11.6 Å². The summed E-state index contributed by atoms with van der Waals surface area (Å²) >= 11 is 6.16. The van der Waals surface area contributed by atoms with Gasteiger partial charge in [-0.15, -0.1) is 0 Å². The summed E-state index contributed by atoms with van der Waals surface area (Å²) in [5.74, 6) is -1.93. The van der Waals surface area contributed by atoms with E-state index >= 15 is 0 Å². The smallest absolute Gasteiger partial charge is 0.300 e. The second kappa shape index (κ2) is 11.2. The van der Waals surface area contributed by atoms with E-state index in [1.807, 2.05) is 30.3 Å². The van der Waals surface area contributed by atoms with Crippen LogP contribution in [0.5, 0.6) is 0 Å². The summed E-state index contributed by atoms with van der Waals surface area (Å²) in [7, 11) is 0. The van der Waals surface area contributed by atoms with Gasteiger partial charge in [0.15, 0.2) is 11.5 Å². The van der Waals surface area contributed by atoms with Crippen LogP contribution in [-0.4, -0.2) is 32.8 Å². The van der Waals surface area contributed by atoms with Crippen molar-refractivity contribution >= 4 is 35.3 Å². The van der Waals surface area contributed by atoms with Gasteiger partial charge in [-0.2, -0.15) is 0 Å². The Morgan fingerprint density at radius 3 is 2.41 bits per heavy atom. The van der Waals surface area contributed by atoms with Gasteiger partial charge in [-0.25, -0.2) is 0 Å². The SMILES string of the molecule is CC(=O)O.O=C(/C=C/c1ccccc1)C1=C(O)C(=O)N(Cc2ccco2)C1c1cccc(Cl)c1. The van der Waals surface area contributed by atoms with Crippen molar-refractivity contribution in [1.82, 2.24) is 4.90 Å². The Bertz CT molecular complexity index is 1230. The number of aliphatic hydroxyl groups is 1. The average Bonchev–Trinajstić information content (AvgIpc) is 3.40. The number of carbonyl (C=O) groups excluding carboxylic acids is 2. The van der Waals surface area contributed by atoms with Crippen molar-refractivity contribution in [2.75, 3.05) is 0 Å². The second-order valence-corrected chi connectivity index (χ2v) is 7.80. The van der Waals surface area contributed by atoms with Crippen molar-refractivity contribution < 1.29 is 29.0 Å². The molecule has 0 saturated heterocycles. The molecular formula is C26H22ClNO6. The van der Waals surface area contributed by atoms with Crippen LogP contribution in [0.3, 0.4) is 0 Å². The fourth-order valence-electron chi connectivity index (χ4n) is 3.49. The number of amides is 1. The topological polar surface area (TPSA) is 108 Å². The molecule has 1 aliphatic heterocycles. The first-order valence-corrected chi connectivity index (χ1v) is 10.6. The Hall–Kier alpha value is -4.10. The summed E-state index contributed by atoms with van der Waals surface area (Å²) in [5.41, 5.74) is 1.48. The number of carbonyl (C=O) groups is 3. The van der Waals surface area contributed by atoms with Crippen molar-refractivity contribution in [2.24, 2.45) is 0 Å². The van der Waals surface area contributed by atoms with Crippen molar-refractivity contribution in [1.29, 1.82) is 0 Å². The average molecular weight is 480 g/mol. The fraction of sp³-hybridized carbons (Fsp3) is 0.115. The zero-order chi connectivity index (χ0) is 24.7. The molecule has 4 rings (SSSR count). The van der Waals surface area contributed by atoms with Crippen LogP contribution in [0.4, 0.5) is 0 Å². The first-order valence-electron chi connectivity index (χ1n) is 10.3. The third-order valence-corrected chi connectivity index (χ3v) is 5.10. The van der Waals surface area contributed by atoms with Crippen LogP contribution in [-0.2, 0) is 20.9 Å². The molecule has 1 aromatic heterocycles. The highest BCUT2D eigenvalue weighted by Crippen LogP contribution is 2.39. The first-order chi connectivity index (χ1) is 16.3. The number of carboxylic acids is 1. The van der Waals surface area contributed by atoms with E-state index in [1.165, 1.54) is 17.2 Å². The molecule has 1 amide bonds. The number of aliphatic carboxylic acids is 1. The maximum Gasteiger partial charge on any atom is 0.300 e. The molecule has 0 fully saturated rings. The number of furan rings is 1. The first kappa shape index (κ1) is 24.5. The van der Waals surface area contributed by atoms with Gasteiger partial charge in [-0.1, -0.05) is 60.1 Å². The lowest BCUT2D eigenvalue weighted by Crippen LogP contribution is -2.30. The van der Waals surface area contributed by atoms with Crippen molar-refractivity contribution in [3.05, 3.63) is 112 Å². The minimum Gasteiger partial charge on any atom is -0.503 e. The predicted molar refractivity (Wildman–Crippen MR) is 127 cm³/mol. The lowest BCUT2D eigenvalue weighted by Gasteiger charge is -2.26. The molecule has 0 bridgehead atoms. The molecule has 174 valence electrons. The number of hydrogen-bond donors (Lipinski definition) is 2. The highest BCUT2D eigenvalue weighted by molar-refractivity contribution is 6.30. The zero-order valence-electron chi connectivity index (χ0n) is 18.2. The summed E-state index contributed by atoms with van der Waals surface area (Å²) < 4.78 is 5.37. The number of nitrogens with zero attached hydrogens (tertiary/aromatic N) is 1. The molecule has 1 unspecified atom stereocenters. The quantitative estimate of drug-likeness (QED) is 0.470. The van der Waals surface area contributed by atoms with Crippen LogP contribution in [0.25, 0.3) is 6.08 Å². The lowest BCUT2D eigenvalue weighted by atomic mass is 9.95. The molecule has 2 heterocycles. The summed E-state index contributed by atoms with van der Waals surface area (Å²) in [6, 6.07) is 18.9. The minimum atomic E-state index is -0.833. The molecule has 3 aromatic rings. The van der Waals surface area contributed by atoms with Crippen molar-refractivity contribution in [2.45, 2.75) is 19.5 Å². The summed E-state index contributed by atoms with van der Waals surface area (Å²) in [6.07, 6.45) is 4.52. The molecule has 0 spiro atoms. The maximum absolute atomic E-state index is 13.1. The molecule has 7 nitrogen and oxygen atoms in total. The van der Waals surface area contributed by atoms with E-state index in [9.17, 15) is 14.7 Å². The summed E-state index contributed by atoms with van der Waals surface area (Å²) in [5, 5.41) is 18.5. The summed E-state index contributed by atoms with van der Waals surface area (Å²) in [6.45, 7) is 1.19. The van der Waals surface area contributed by atoms with Gasteiger partial charge in [0.25, 0.3) is 11.9 Å². The van der Waals surface area contributed by atoms with E-state index in [1.54, 1.807) is 42.5 Å². The van der Waals surface area contributed by atoms with E-state index in [4.69, 9.17) is 25.9 Å². The maximum atomic E-state index is 13.1. The monoisotopic (exact) mass is 479 g/mol. The van der Waals surface area contributed by atoms with Crippen molar-refractivity contribution in [3.8, 4) is 0 Å². The van der Waals surface area contributed by atoms with E-state index in [0.717, 1.165) is 12.5 Å². The molecular weight excluding hydrogens is 458 g/mol. The number of aliphatic hydroxyl groups excluding tert-OH is 1. The Kier molecular flexibility index (Phi) is 8.05. The third-order valence-electron chi connectivity index (χ3n) is 4.87. The van der Waals surface area contributed by atoms with Gasteiger partial charge in [0, 0.05) is 11.9 Å². The van der Waals surface area contributed by atoms with Gasteiger partial charge in [-0.05, 0) is 41.5 Å². The largest absolute Gasteiger partial charge is 0.503 e. The number of benzene rings is 2. The highest BCUT2D eigenvalue weighted by Gasteiger charge is 2.43. The Morgan fingerprint density at radius 1 is 1.09 bits per heavy atom. The molecule has 8 heteroatoms. The molecule has 34 heavy (non-hydrogen) atoms.